The molecule has 0 aliphatic rings. The van der Waals surface area contributed by atoms with Gasteiger partial charge in [-0.1, -0.05) is 13.8 Å². The van der Waals surface area contributed by atoms with Crippen LogP contribution in [0, 0.1) is 0 Å². The fraction of sp³-hybridized carbons (Fsp3) is 0.586. The molecule has 0 aliphatic carbocycles. The molecule has 8 heteroatoms. The van der Waals surface area contributed by atoms with Gasteiger partial charge in [0.15, 0.2) is 0 Å². The van der Waals surface area contributed by atoms with Crippen LogP contribution in [0.2, 0.25) is 0 Å². The predicted molar refractivity (Wildman–Crippen MR) is 142 cm³/mol. The van der Waals surface area contributed by atoms with E-state index in [2.05, 4.69) is 13.8 Å². The molecule has 37 heavy (non-hydrogen) atoms. The van der Waals surface area contributed by atoms with Crippen molar-refractivity contribution in [1.29, 1.82) is 0 Å². The number of phenols is 2. The van der Waals surface area contributed by atoms with E-state index in [1.54, 1.807) is 14.2 Å². The monoisotopic (exact) mass is 520 g/mol. The van der Waals surface area contributed by atoms with Crippen molar-refractivity contribution in [3.05, 3.63) is 57.6 Å². The van der Waals surface area contributed by atoms with Crippen molar-refractivity contribution in [1.82, 2.24) is 0 Å². The first-order valence-electron chi connectivity index (χ1n) is 12.8. The van der Waals surface area contributed by atoms with Crippen LogP contribution in [0.5, 0.6) is 11.5 Å². The summed E-state index contributed by atoms with van der Waals surface area (Å²) >= 11 is 0. The van der Waals surface area contributed by atoms with E-state index in [1.807, 2.05) is 38.1 Å². The number of aromatic hydroxyl groups is 2. The molecule has 2 N–H and O–H groups in total. The summed E-state index contributed by atoms with van der Waals surface area (Å²) in [5.74, 6) is 0.346. The van der Waals surface area contributed by atoms with Crippen LogP contribution in [0.4, 0.5) is 0 Å². The van der Waals surface area contributed by atoms with Gasteiger partial charge in [0.05, 0.1) is 52.9 Å². The maximum absolute atomic E-state index is 10.9. The van der Waals surface area contributed by atoms with Crippen molar-refractivity contribution < 1.29 is 38.6 Å². The summed E-state index contributed by atoms with van der Waals surface area (Å²) in [6.45, 7) is 12.3. The number of rotatable bonds is 18. The van der Waals surface area contributed by atoms with E-state index in [0.717, 1.165) is 11.1 Å². The number of benzene rings is 2. The highest BCUT2D eigenvalue weighted by Gasteiger charge is 2.28. The summed E-state index contributed by atoms with van der Waals surface area (Å²) in [5.41, 5.74) is 4.23. The summed E-state index contributed by atoms with van der Waals surface area (Å²) < 4.78 is 32.9. The Morgan fingerprint density at radius 1 is 0.568 bits per heavy atom. The average molecular weight is 521 g/mol. The molecule has 0 atom stereocenters. The topological polar surface area (TPSA) is 95.8 Å². The van der Waals surface area contributed by atoms with Gasteiger partial charge < -0.3 is 38.6 Å². The second-order valence-corrected chi connectivity index (χ2v) is 9.28. The van der Waals surface area contributed by atoms with Crippen LogP contribution in [0.25, 0.3) is 0 Å². The standard InChI is InChI=1S/C29H44O8/c1-7-34-9-11-36-19-23-15-25(13-21(17-32-5)27(23)30)29(3,4)26-14-22(18-33-6)28(31)24(16-26)20-37-12-10-35-8-2/h13-16,30-31H,7-12,17-20H2,1-6H3. The van der Waals surface area contributed by atoms with Crippen LogP contribution < -0.4 is 0 Å². The first-order valence-corrected chi connectivity index (χ1v) is 12.8. The van der Waals surface area contributed by atoms with Gasteiger partial charge in [0.2, 0.25) is 0 Å². The maximum atomic E-state index is 10.9. The summed E-state index contributed by atoms with van der Waals surface area (Å²) in [7, 11) is 3.20. The molecule has 0 radical (unpaired) electrons. The van der Waals surface area contributed by atoms with Gasteiger partial charge in [0.25, 0.3) is 0 Å². The van der Waals surface area contributed by atoms with E-state index in [0.29, 0.717) is 61.9 Å². The highest BCUT2D eigenvalue weighted by Crippen LogP contribution is 2.39. The molecule has 0 bridgehead atoms. The molecular weight excluding hydrogens is 476 g/mol. The molecule has 0 aromatic heterocycles. The van der Waals surface area contributed by atoms with E-state index in [4.69, 9.17) is 28.4 Å². The summed E-state index contributed by atoms with van der Waals surface area (Å²) in [4.78, 5) is 0. The molecule has 0 saturated heterocycles. The van der Waals surface area contributed by atoms with Gasteiger partial charge in [0, 0.05) is 55.1 Å². The third-order valence-electron chi connectivity index (χ3n) is 6.25. The van der Waals surface area contributed by atoms with E-state index in [9.17, 15) is 10.2 Å². The molecule has 0 spiro atoms. The van der Waals surface area contributed by atoms with E-state index < -0.39 is 5.41 Å². The lowest BCUT2D eigenvalue weighted by molar-refractivity contribution is 0.0444. The Kier molecular flexibility index (Phi) is 13.3. The highest BCUT2D eigenvalue weighted by atomic mass is 16.5. The second kappa shape index (κ2) is 15.9. The number of hydrogen-bond acceptors (Lipinski definition) is 8. The molecule has 2 aromatic carbocycles. The van der Waals surface area contributed by atoms with Crippen molar-refractivity contribution in [3.8, 4) is 11.5 Å². The Bertz CT molecular complexity index is 882. The van der Waals surface area contributed by atoms with Gasteiger partial charge in [-0.25, -0.2) is 0 Å². The van der Waals surface area contributed by atoms with Gasteiger partial charge in [-0.2, -0.15) is 0 Å². The SMILES string of the molecule is CCOCCOCc1cc(C(C)(C)c2cc(COC)c(O)c(COCCOCC)c2)cc(COC)c1O. The number of phenolic OH excluding ortho intramolecular Hbond substituents is 2. The van der Waals surface area contributed by atoms with Crippen LogP contribution in [-0.4, -0.2) is 64.1 Å². The molecule has 0 heterocycles. The second-order valence-electron chi connectivity index (χ2n) is 9.28. The van der Waals surface area contributed by atoms with Crippen LogP contribution in [0.3, 0.4) is 0 Å². The minimum atomic E-state index is -0.480. The zero-order valence-electron chi connectivity index (χ0n) is 23.2. The lowest BCUT2D eigenvalue weighted by atomic mass is 9.76. The molecule has 208 valence electrons. The minimum Gasteiger partial charge on any atom is -0.507 e. The maximum Gasteiger partial charge on any atom is 0.126 e. The van der Waals surface area contributed by atoms with Crippen molar-refractivity contribution in [3.63, 3.8) is 0 Å². The Hall–Kier alpha value is -2.20. The molecule has 2 aromatic rings. The predicted octanol–water partition coefficient (Wildman–Crippen LogP) is 4.82. The van der Waals surface area contributed by atoms with E-state index in [1.165, 1.54) is 0 Å². The van der Waals surface area contributed by atoms with E-state index in [-0.39, 0.29) is 37.9 Å². The number of hydrogen-bond donors (Lipinski definition) is 2. The van der Waals surface area contributed by atoms with Gasteiger partial charge in [0.1, 0.15) is 11.5 Å². The average Bonchev–Trinajstić information content (AvgIpc) is 2.87. The van der Waals surface area contributed by atoms with Crippen LogP contribution >= 0.6 is 0 Å². The van der Waals surface area contributed by atoms with Crippen LogP contribution in [-0.2, 0) is 60.3 Å². The van der Waals surface area contributed by atoms with Gasteiger partial charge >= 0.3 is 0 Å². The molecule has 0 fully saturated rings. The third-order valence-corrected chi connectivity index (χ3v) is 6.25. The van der Waals surface area contributed by atoms with Crippen molar-refractivity contribution >= 4 is 0 Å². The van der Waals surface area contributed by atoms with Crippen molar-refractivity contribution in [2.45, 2.75) is 59.5 Å². The fourth-order valence-corrected chi connectivity index (χ4v) is 4.05. The Morgan fingerprint density at radius 2 is 0.892 bits per heavy atom. The molecule has 0 saturated carbocycles. The third kappa shape index (κ3) is 8.95. The first kappa shape index (κ1) is 31.0. The smallest absolute Gasteiger partial charge is 0.126 e. The van der Waals surface area contributed by atoms with Crippen LogP contribution in [0.15, 0.2) is 24.3 Å². The molecule has 2 rings (SSSR count). The molecule has 8 nitrogen and oxygen atoms in total. The van der Waals surface area contributed by atoms with Gasteiger partial charge in [-0.3, -0.25) is 0 Å². The normalized spacial score (nSPS) is 11.8. The summed E-state index contributed by atoms with van der Waals surface area (Å²) in [5, 5.41) is 21.7. The lowest BCUT2D eigenvalue weighted by Gasteiger charge is -2.29. The molecule has 0 unspecified atom stereocenters. The van der Waals surface area contributed by atoms with Crippen molar-refractivity contribution in [2.75, 3.05) is 53.9 Å². The first-order chi connectivity index (χ1) is 17.8. The minimum absolute atomic E-state index is 0.173. The number of methoxy groups -OCH3 is 2. The Labute approximate surface area is 221 Å². The zero-order chi connectivity index (χ0) is 27.3. The summed E-state index contributed by atoms with van der Waals surface area (Å²) in [6.07, 6.45) is 0. The molecule has 0 aliphatic heterocycles. The highest BCUT2D eigenvalue weighted by molar-refractivity contribution is 5.52. The quantitative estimate of drug-likeness (QED) is 0.270. The molecule has 0 amide bonds. The Balaban J connectivity index is 2.43. The Morgan fingerprint density at radius 3 is 1.22 bits per heavy atom. The van der Waals surface area contributed by atoms with Crippen molar-refractivity contribution in [2.24, 2.45) is 0 Å². The van der Waals surface area contributed by atoms with Crippen LogP contribution in [0.1, 0.15) is 61.1 Å². The zero-order valence-corrected chi connectivity index (χ0v) is 23.2. The lowest BCUT2D eigenvalue weighted by Crippen LogP contribution is -2.21. The number of ether oxygens (including phenoxy) is 6. The summed E-state index contributed by atoms with van der Waals surface area (Å²) in [6, 6.07) is 7.86. The largest absolute Gasteiger partial charge is 0.507 e. The van der Waals surface area contributed by atoms with Gasteiger partial charge in [-0.05, 0) is 49.2 Å². The molecular formula is C29H44O8. The van der Waals surface area contributed by atoms with E-state index >= 15 is 0 Å². The fourth-order valence-electron chi connectivity index (χ4n) is 4.05. The van der Waals surface area contributed by atoms with Gasteiger partial charge in [-0.15, -0.1) is 0 Å².